The van der Waals surface area contributed by atoms with Gasteiger partial charge in [0.25, 0.3) is 0 Å². The number of carbonyl (C=O) groups is 1. The lowest BCUT2D eigenvalue weighted by Crippen LogP contribution is -2.20. The third kappa shape index (κ3) is 3.03. The number of pyridine rings is 1. The van der Waals surface area contributed by atoms with Gasteiger partial charge in [-0.1, -0.05) is 6.92 Å². The lowest BCUT2D eigenvalue weighted by Gasteiger charge is -2.09. The van der Waals surface area contributed by atoms with E-state index in [0.29, 0.717) is 29.2 Å². The molecule has 2 heterocycles. The van der Waals surface area contributed by atoms with Crippen LogP contribution in [0.25, 0.3) is 0 Å². The minimum absolute atomic E-state index is 0.371. The van der Waals surface area contributed by atoms with Gasteiger partial charge in [-0.2, -0.15) is 5.10 Å². The van der Waals surface area contributed by atoms with E-state index in [-0.39, 0.29) is 6.03 Å². The molecule has 0 radical (unpaired) electrons. The number of urea groups is 1. The number of aromatic nitrogens is 3. The average Bonchev–Trinajstić information content (AvgIpc) is 3.02. The molecule has 2 aromatic heterocycles. The summed E-state index contributed by atoms with van der Waals surface area (Å²) < 4.78 is 5.13. The van der Waals surface area contributed by atoms with Crippen LogP contribution in [0, 0.1) is 12.8 Å². The molecule has 0 aromatic carbocycles. The van der Waals surface area contributed by atoms with E-state index in [0.717, 1.165) is 11.3 Å². The smallest absolute Gasteiger partial charge is 0.325 e. The van der Waals surface area contributed by atoms with E-state index >= 15 is 0 Å². The number of hydrogen-bond donors (Lipinski definition) is 3. The van der Waals surface area contributed by atoms with Gasteiger partial charge in [-0.3, -0.25) is 10.4 Å². The van der Waals surface area contributed by atoms with Crippen molar-refractivity contribution in [2.75, 3.05) is 17.7 Å². The molecule has 0 aliphatic heterocycles. The molecule has 1 fully saturated rings. The lowest BCUT2D eigenvalue weighted by atomic mass is 10.2. The number of nitrogens with zero attached hydrogens (tertiary/aromatic N) is 2. The Labute approximate surface area is 128 Å². The van der Waals surface area contributed by atoms with E-state index in [2.05, 4.69) is 32.7 Å². The molecule has 7 nitrogen and oxygen atoms in total. The molecular weight excluding hydrogens is 282 g/mol. The van der Waals surface area contributed by atoms with Gasteiger partial charge in [0.05, 0.1) is 7.11 Å². The summed E-state index contributed by atoms with van der Waals surface area (Å²) in [6.45, 7) is 4.09. The van der Waals surface area contributed by atoms with Crippen LogP contribution in [0.1, 0.15) is 30.5 Å². The summed E-state index contributed by atoms with van der Waals surface area (Å²) in [7, 11) is 1.51. The highest BCUT2D eigenvalue weighted by Crippen LogP contribution is 2.46. The zero-order valence-corrected chi connectivity index (χ0v) is 12.8. The Morgan fingerprint density at radius 1 is 1.41 bits per heavy atom. The van der Waals surface area contributed by atoms with E-state index in [4.69, 9.17) is 4.74 Å². The summed E-state index contributed by atoms with van der Waals surface area (Å²) in [5, 5.41) is 12.5. The minimum atomic E-state index is -0.382. The molecule has 2 unspecified atom stereocenters. The van der Waals surface area contributed by atoms with E-state index in [1.807, 2.05) is 13.0 Å². The third-order valence-electron chi connectivity index (χ3n) is 3.78. The van der Waals surface area contributed by atoms with Gasteiger partial charge < -0.3 is 10.1 Å². The standard InChI is InChI=1S/C15H19N5O2/c1-8-4-12(14(22-3)16-7-8)17-15(21)18-13-6-11(19-20-13)10-5-9(10)2/h4,6-7,9-10H,5H2,1-3H3,(H3,17,18,19,20,21). The van der Waals surface area contributed by atoms with Gasteiger partial charge >= 0.3 is 6.03 Å². The van der Waals surface area contributed by atoms with Crippen LogP contribution in [0.15, 0.2) is 18.3 Å². The molecule has 2 aromatic rings. The number of carbonyl (C=O) groups excluding carboxylic acids is 1. The normalized spacial score (nSPS) is 19.6. The van der Waals surface area contributed by atoms with Gasteiger partial charge in [0.1, 0.15) is 5.69 Å². The van der Waals surface area contributed by atoms with Crippen molar-refractivity contribution in [2.24, 2.45) is 5.92 Å². The quantitative estimate of drug-likeness (QED) is 0.809. The molecule has 0 bridgehead atoms. The molecule has 2 amide bonds. The number of methoxy groups -OCH3 is 1. The predicted molar refractivity (Wildman–Crippen MR) is 83.3 cm³/mol. The molecule has 3 N–H and O–H groups in total. The van der Waals surface area contributed by atoms with Gasteiger partial charge in [0, 0.05) is 23.9 Å². The Kier molecular flexibility index (Phi) is 3.70. The van der Waals surface area contributed by atoms with E-state index in [9.17, 15) is 4.79 Å². The highest BCUT2D eigenvalue weighted by Gasteiger charge is 2.35. The SMILES string of the molecule is COc1ncc(C)cc1NC(=O)Nc1cc(C2CC2C)[nH]n1. The fourth-order valence-electron chi connectivity index (χ4n) is 2.42. The largest absolute Gasteiger partial charge is 0.480 e. The Hall–Kier alpha value is -2.57. The van der Waals surface area contributed by atoms with E-state index < -0.39 is 0 Å². The molecule has 2 atom stereocenters. The zero-order chi connectivity index (χ0) is 15.7. The Morgan fingerprint density at radius 2 is 2.18 bits per heavy atom. The van der Waals surface area contributed by atoms with Crippen molar-refractivity contribution in [1.82, 2.24) is 15.2 Å². The van der Waals surface area contributed by atoms with Gasteiger partial charge in [-0.15, -0.1) is 0 Å². The monoisotopic (exact) mass is 301 g/mol. The zero-order valence-electron chi connectivity index (χ0n) is 12.8. The van der Waals surface area contributed by atoms with Crippen LogP contribution in [0.5, 0.6) is 5.88 Å². The van der Waals surface area contributed by atoms with Crippen molar-refractivity contribution >= 4 is 17.5 Å². The first-order valence-corrected chi connectivity index (χ1v) is 7.20. The number of anilines is 2. The van der Waals surface area contributed by atoms with E-state index in [1.165, 1.54) is 13.5 Å². The van der Waals surface area contributed by atoms with Crippen molar-refractivity contribution in [3.05, 3.63) is 29.6 Å². The van der Waals surface area contributed by atoms with Crippen LogP contribution in [-0.4, -0.2) is 28.3 Å². The molecule has 1 aliphatic carbocycles. The third-order valence-corrected chi connectivity index (χ3v) is 3.78. The number of amides is 2. The van der Waals surface area contributed by atoms with Crippen LogP contribution >= 0.6 is 0 Å². The summed E-state index contributed by atoms with van der Waals surface area (Å²) in [6, 6.07) is 3.29. The summed E-state index contributed by atoms with van der Waals surface area (Å²) in [4.78, 5) is 16.2. The maximum atomic E-state index is 12.1. The molecule has 0 saturated heterocycles. The van der Waals surface area contributed by atoms with Crippen molar-refractivity contribution in [2.45, 2.75) is 26.2 Å². The fourth-order valence-corrected chi connectivity index (χ4v) is 2.42. The molecule has 116 valence electrons. The lowest BCUT2D eigenvalue weighted by molar-refractivity contribution is 0.262. The van der Waals surface area contributed by atoms with Gasteiger partial charge in [-0.05, 0) is 30.9 Å². The Balaban J connectivity index is 1.65. The molecule has 1 aliphatic rings. The van der Waals surface area contributed by atoms with Crippen molar-refractivity contribution < 1.29 is 9.53 Å². The summed E-state index contributed by atoms with van der Waals surface area (Å²) in [6.07, 6.45) is 2.85. The van der Waals surface area contributed by atoms with Crippen LogP contribution in [0.3, 0.4) is 0 Å². The topological polar surface area (TPSA) is 91.9 Å². The predicted octanol–water partition coefficient (Wildman–Crippen LogP) is 2.89. The van der Waals surface area contributed by atoms with Crippen LogP contribution in [0.4, 0.5) is 16.3 Å². The molecule has 0 spiro atoms. The second-order valence-corrected chi connectivity index (χ2v) is 5.68. The first-order valence-electron chi connectivity index (χ1n) is 7.20. The number of hydrogen-bond acceptors (Lipinski definition) is 4. The highest BCUT2D eigenvalue weighted by molar-refractivity contribution is 5.99. The van der Waals surface area contributed by atoms with Crippen molar-refractivity contribution in [3.63, 3.8) is 0 Å². The second kappa shape index (κ2) is 5.67. The minimum Gasteiger partial charge on any atom is -0.480 e. The van der Waals surface area contributed by atoms with Crippen LogP contribution in [-0.2, 0) is 0 Å². The number of rotatable bonds is 4. The van der Waals surface area contributed by atoms with Gasteiger partial charge in [0.15, 0.2) is 5.82 Å². The molecule has 7 heteroatoms. The van der Waals surface area contributed by atoms with Crippen molar-refractivity contribution in [1.29, 1.82) is 0 Å². The maximum absolute atomic E-state index is 12.1. The van der Waals surface area contributed by atoms with E-state index in [1.54, 1.807) is 12.3 Å². The van der Waals surface area contributed by atoms with Gasteiger partial charge in [-0.25, -0.2) is 9.78 Å². The maximum Gasteiger partial charge on any atom is 0.325 e. The first-order chi connectivity index (χ1) is 10.6. The number of nitrogens with one attached hydrogen (secondary N) is 3. The number of H-pyrrole nitrogens is 1. The van der Waals surface area contributed by atoms with Gasteiger partial charge in [0.2, 0.25) is 5.88 Å². The summed E-state index contributed by atoms with van der Waals surface area (Å²) in [5.41, 5.74) is 2.52. The number of ether oxygens (including phenoxy) is 1. The van der Waals surface area contributed by atoms with Crippen LogP contribution < -0.4 is 15.4 Å². The van der Waals surface area contributed by atoms with Crippen molar-refractivity contribution in [3.8, 4) is 5.88 Å². The Bertz CT molecular complexity index is 697. The summed E-state index contributed by atoms with van der Waals surface area (Å²) in [5.74, 6) is 2.10. The van der Waals surface area contributed by atoms with Crippen LogP contribution in [0.2, 0.25) is 0 Å². The average molecular weight is 301 g/mol. The molecular formula is C15H19N5O2. The highest BCUT2D eigenvalue weighted by atomic mass is 16.5. The Morgan fingerprint density at radius 3 is 2.86 bits per heavy atom. The fraction of sp³-hybridized carbons (Fsp3) is 0.400. The molecule has 22 heavy (non-hydrogen) atoms. The number of aryl methyl sites for hydroxylation is 1. The first kappa shape index (κ1) is 14.4. The molecule has 3 rings (SSSR count). The second-order valence-electron chi connectivity index (χ2n) is 5.68. The summed E-state index contributed by atoms with van der Waals surface area (Å²) >= 11 is 0. The number of aromatic amines is 1. The molecule has 1 saturated carbocycles.